The minimum atomic E-state index is -4.11. The second kappa shape index (κ2) is 2.70. The number of hydrogen-bond acceptors (Lipinski definition) is 5. The fourth-order valence-corrected chi connectivity index (χ4v) is 0.415. The van der Waals surface area contributed by atoms with Crippen LogP contribution in [0.1, 0.15) is 0 Å². The second-order valence-electron chi connectivity index (χ2n) is 1.18. The first-order valence-electron chi connectivity index (χ1n) is 1.77. The molecule has 3 N–H and O–H groups in total. The Morgan fingerprint density at radius 2 is 2.00 bits per heavy atom. The SMILES string of the molecule is O=C=NC[Si](O)(O)O. The van der Waals surface area contributed by atoms with Crippen LogP contribution in [0, 0.1) is 0 Å². The van der Waals surface area contributed by atoms with E-state index in [0.717, 1.165) is 6.08 Å². The number of aliphatic imine (C=N–C) groups is 1. The van der Waals surface area contributed by atoms with E-state index in [1.807, 2.05) is 0 Å². The van der Waals surface area contributed by atoms with E-state index in [-0.39, 0.29) is 0 Å². The lowest BCUT2D eigenvalue weighted by molar-refractivity contribution is 0.230. The first kappa shape index (κ1) is 7.48. The predicted molar refractivity (Wildman–Crippen MR) is 25.4 cm³/mol. The van der Waals surface area contributed by atoms with Crippen molar-refractivity contribution in [3.05, 3.63) is 0 Å². The fraction of sp³-hybridized carbons (Fsp3) is 0.500. The van der Waals surface area contributed by atoms with Gasteiger partial charge in [0, 0.05) is 0 Å². The van der Waals surface area contributed by atoms with Crippen molar-refractivity contribution in [2.75, 3.05) is 6.17 Å². The van der Waals surface area contributed by atoms with Crippen LogP contribution in [0.2, 0.25) is 0 Å². The third-order valence-corrected chi connectivity index (χ3v) is 0.938. The van der Waals surface area contributed by atoms with Crippen LogP contribution in [0.5, 0.6) is 0 Å². The van der Waals surface area contributed by atoms with E-state index in [0.29, 0.717) is 0 Å². The summed E-state index contributed by atoms with van der Waals surface area (Å²) in [5.41, 5.74) is 0. The summed E-state index contributed by atoms with van der Waals surface area (Å²) in [7, 11) is -4.11. The van der Waals surface area contributed by atoms with Crippen LogP contribution in [0.25, 0.3) is 0 Å². The summed E-state index contributed by atoms with van der Waals surface area (Å²) in [6, 6.07) is 0. The highest BCUT2D eigenvalue weighted by atomic mass is 28.4. The van der Waals surface area contributed by atoms with Gasteiger partial charge in [-0.15, -0.1) is 0 Å². The van der Waals surface area contributed by atoms with Crippen molar-refractivity contribution in [1.29, 1.82) is 0 Å². The molecule has 0 bridgehead atoms. The monoisotopic (exact) mass is 135 g/mol. The minimum Gasteiger partial charge on any atom is -0.389 e. The highest BCUT2D eigenvalue weighted by Gasteiger charge is 2.25. The van der Waals surface area contributed by atoms with Crippen LogP contribution < -0.4 is 0 Å². The molecule has 0 aromatic rings. The third kappa shape index (κ3) is 5.48. The van der Waals surface area contributed by atoms with Gasteiger partial charge in [-0.2, -0.15) is 0 Å². The lowest BCUT2D eigenvalue weighted by atomic mass is 11.4. The molecule has 0 aromatic carbocycles. The molecule has 0 atom stereocenters. The molecule has 0 heterocycles. The summed E-state index contributed by atoms with van der Waals surface area (Å²) < 4.78 is 0. The van der Waals surface area contributed by atoms with E-state index >= 15 is 0 Å². The minimum absolute atomic E-state index is 0.628. The third-order valence-electron chi connectivity index (χ3n) is 0.356. The molecule has 0 fully saturated rings. The highest BCUT2D eigenvalue weighted by Crippen LogP contribution is 1.82. The van der Waals surface area contributed by atoms with E-state index in [9.17, 15) is 4.79 Å². The first-order valence-corrected chi connectivity index (χ1v) is 3.82. The van der Waals surface area contributed by atoms with Gasteiger partial charge in [0.05, 0.1) is 0 Å². The Kier molecular flexibility index (Phi) is 2.53. The molecule has 5 nitrogen and oxygen atoms in total. The maximum absolute atomic E-state index is 9.25. The molecule has 46 valence electrons. The summed E-state index contributed by atoms with van der Waals surface area (Å²) in [4.78, 5) is 36.4. The second-order valence-corrected chi connectivity index (χ2v) is 3.05. The number of rotatable bonds is 2. The van der Waals surface area contributed by atoms with Gasteiger partial charge in [-0.05, 0) is 0 Å². The lowest BCUT2D eigenvalue weighted by Crippen LogP contribution is -2.38. The molecule has 6 heteroatoms. The van der Waals surface area contributed by atoms with Gasteiger partial charge in [-0.25, -0.2) is 9.79 Å². The van der Waals surface area contributed by atoms with E-state index < -0.39 is 15.0 Å². The molecule has 0 aromatic heterocycles. The van der Waals surface area contributed by atoms with Crippen molar-refractivity contribution >= 4 is 14.9 Å². The zero-order valence-electron chi connectivity index (χ0n) is 3.90. The maximum Gasteiger partial charge on any atom is 0.516 e. The molecule has 0 aliphatic carbocycles. The molecule has 0 aliphatic heterocycles. The molecule has 0 saturated carbocycles. The Hall–Kier alpha value is -0.523. The van der Waals surface area contributed by atoms with E-state index in [4.69, 9.17) is 14.4 Å². The lowest BCUT2D eigenvalue weighted by Gasteiger charge is -2.01. The Bertz CT molecular complexity index is 112. The number of carbonyl (C=O) groups excluding carboxylic acids is 1. The van der Waals surface area contributed by atoms with Gasteiger partial charge in [-0.1, -0.05) is 0 Å². The van der Waals surface area contributed by atoms with Crippen LogP contribution in [-0.2, 0) is 4.79 Å². The van der Waals surface area contributed by atoms with Gasteiger partial charge >= 0.3 is 8.80 Å². The Balaban J connectivity index is 3.55. The number of nitrogens with zero attached hydrogens (tertiary/aromatic N) is 1. The van der Waals surface area contributed by atoms with Gasteiger partial charge in [0.1, 0.15) is 6.17 Å². The summed E-state index contributed by atoms with van der Waals surface area (Å²) in [5, 5.41) is 0. The molecular formula is C2H5NO4Si. The molecule has 0 aliphatic rings. The highest BCUT2D eigenvalue weighted by molar-refractivity contribution is 6.56. The topological polar surface area (TPSA) is 90.1 Å². The number of hydrogen-bond donors (Lipinski definition) is 3. The van der Waals surface area contributed by atoms with Crippen molar-refractivity contribution < 1.29 is 19.2 Å². The Morgan fingerprint density at radius 3 is 2.12 bits per heavy atom. The van der Waals surface area contributed by atoms with E-state index in [1.54, 1.807) is 0 Å². The van der Waals surface area contributed by atoms with E-state index in [1.165, 1.54) is 0 Å². The van der Waals surface area contributed by atoms with Crippen LogP contribution >= 0.6 is 0 Å². The van der Waals surface area contributed by atoms with Gasteiger partial charge in [0.15, 0.2) is 0 Å². The van der Waals surface area contributed by atoms with Gasteiger partial charge in [0.25, 0.3) is 0 Å². The smallest absolute Gasteiger partial charge is 0.389 e. The molecule has 0 radical (unpaired) electrons. The molecule has 0 amide bonds. The summed E-state index contributed by atoms with van der Waals surface area (Å²) in [5.74, 6) is 0. The average molecular weight is 135 g/mol. The van der Waals surface area contributed by atoms with Crippen molar-refractivity contribution in [3.8, 4) is 0 Å². The largest absolute Gasteiger partial charge is 0.516 e. The summed E-state index contributed by atoms with van der Waals surface area (Å²) in [6.07, 6.45) is 0.425. The van der Waals surface area contributed by atoms with Crippen molar-refractivity contribution in [1.82, 2.24) is 0 Å². The van der Waals surface area contributed by atoms with Gasteiger partial charge in [0.2, 0.25) is 6.08 Å². The molecule has 0 spiro atoms. The normalized spacial score (nSPS) is 10.4. The molecular weight excluding hydrogens is 130 g/mol. The Morgan fingerprint density at radius 1 is 1.50 bits per heavy atom. The van der Waals surface area contributed by atoms with Crippen molar-refractivity contribution in [2.24, 2.45) is 4.99 Å². The summed E-state index contributed by atoms with van der Waals surface area (Å²) in [6.45, 7) is 0. The zero-order valence-corrected chi connectivity index (χ0v) is 4.90. The predicted octanol–water partition coefficient (Wildman–Crippen LogP) is -2.22. The fourth-order valence-electron chi connectivity index (χ4n) is 0.138. The maximum atomic E-state index is 9.25. The summed E-state index contributed by atoms with van der Waals surface area (Å²) >= 11 is 0. The first-order chi connectivity index (χ1) is 3.56. The zero-order chi connectivity index (χ0) is 6.62. The van der Waals surface area contributed by atoms with Crippen LogP contribution in [0.3, 0.4) is 0 Å². The molecule has 0 saturated heterocycles. The van der Waals surface area contributed by atoms with Gasteiger partial charge < -0.3 is 14.4 Å². The van der Waals surface area contributed by atoms with Crippen molar-refractivity contribution in [2.45, 2.75) is 0 Å². The molecule has 0 unspecified atom stereocenters. The number of isocyanates is 1. The quantitative estimate of drug-likeness (QED) is 0.227. The van der Waals surface area contributed by atoms with Crippen LogP contribution in [0.4, 0.5) is 0 Å². The van der Waals surface area contributed by atoms with Crippen LogP contribution in [0.15, 0.2) is 4.99 Å². The standard InChI is InChI=1S/C2H5NO4Si/c4-1-3-2-8(5,6)7/h5-7H,2H2. The van der Waals surface area contributed by atoms with Crippen LogP contribution in [-0.4, -0.2) is 35.4 Å². The van der Waals surface area contributed by atoms with Crippen molar-refractivity contribution in [3.63, 3.8) is 0 Å². The Labute approximate surface area is 46.3 Å². The molecule has 8 heavy (non-hydrogen) atoms. The van der Waals surface area contributed by atoms with E-state index in [2.05, 4.69) is 4.99 Å². The molecule has 0 rings (SSSR count). The van der Waals surface area contributed by atoms with Gasteiger partial charge in [-0.3, -0.25) is 0 Å². The average Bonchev–Trinajstić information content (AvgIpc) is 1.59.